The van der Waals surface area contributed by atoms with Crippen LogP contribution < -0.4 is 5.73 Å². The Morgan fingerprint density at radius 1 is 1.41 bits per heavy atom. The van der Waals surface area contributed by atoms with Gasteiger partial charge in [-0.05, 0) is 25.0 Å². The molecule has 2 aromatic heterocycles. The molecule has 0 saturated heterocycles. The molecule has 0 bridgehead atoms. The van der Waals surface area contributed by atoms with Crippen LogP contribution >= 0.6 is 0 Å². The van der Waals surface area contributed by atoms with Crippen molar-refractivity contribution in [2.75, 3.05) is 0 Å². The number of nitrogens with two attached hydrogens (primary N) is 1. The average molecular weight is 231 g/mol. The Kier molecular flexibility index (Phi) is 3.82. The summed E-state index contributed by atoms with van der Waals surface area (Å²) >= 11 is 0. The molecule has 0 spiro atoms. The van der Waals surface area contributed by atoms with Crippen LogP contribution in [0.2, 0.25) is 0 Å². The van der Waals surface area contributed by atoms with E-state index < -0.39 is 0 Å². The summed E-state index contributed by atoms with van der Waals surface area (Å²) in [5, 5.41) is 4.13. The summed E-state index contributed by atoms with van der Waals surface area (Å²) in [6.07, 6.45) is 6.75. The Labute approximate surface area is 101 Å². The van der Waals surface area contributed by atoms with Gasteiger partial charge in [0.2, 0.25) is 0 Å². The number of pyridine rings is 1. The maximum absolute atomic E-state index is 6.11. The molecule has 0 aromatic carbocycles. The second kappa shape index (κ2) is 5.54. The summed E-state index contributed by atoms with van der Waals surface area (Å²) < 4.78 is 1.88. The molecule has 0 aliphatic rings. The highest BCUT2D eigenvalue weighted by Gasteiger charge is 2.10. The molecule has 0 aliphatic heterocycles. The van der Waals surface area contributed by atoms with Crippen LogP contribution in [0.25, 0.3) is 0 Å². The fraction of sp³-hybridized carbons (Fsp3) is 0.417. The standard InChI is InChI=1S/C12H17N5/c1-2-17-12(15-9-16-17)7-11(13)6-10-4-3-5-14-8-10/h3-5,8-9,11H,2,6-7,13H2,1H3. The largest absolute Gasteiger partial charge is 0.327 e. The van der Waals surface area contributed by atoms with E-state index in [4.69, 9.17) is 5.73 Å². The third-order valence-corrected chi connectivity index (χ3v) is 2.66. The van der Waals surface area contributed by atoms with Gasteiger partial charge in [-0.2, -0.15) is 5.10 Å². The number of aromatic nitrogens is 4. The molecule has 0 fully saturated rings. The molecular formula is C12H17N5. The Morgan fingerprint density at radius 2 is 2.29 bits per heavy atom. The monoisotopic (exact) mass is 231 g/mol. The van der Waals surface area contributed by atoms with Gasteiger partial charge in [0, 0.05) is 31.4 Å². The van der Waals surface area contributed by atoms with Crippen molar-refractivity contribution in [3.63, 3.8) is 0 Å². The summed E-state index contributed by atoms with van der Waals surface area (Å²) in [5.74, 6) is 0.948. The van der Waals surface area contributed by atoms with Gasteiger partial charge in [-0.15, -0.1) is 0 Å². The van der Waals surface area contributed by atoms with E-state index in [1.54, 1.807) is 12.5 Å². The average Bonchev–Trinajstić information content (AvgIpc) is 2.77. The fourth-order valence-corrected chi connectivity index (χ4v) is 1.84. The third-order valence-electron chi connectivity index (χ3n) is 2.66. The normalized spacial score (nSPS) is 12.6. The number of rotatable bonds is 5. The minimum Gasteiger partial charge on any atom is -0.327 e. The molecule has 1 atom stereocenters. The number of aryl methyl sites for hydroxylation is 1. The van der Waals surface area contributed by atoms with Crippen LogP contribution in [0.15, 0.2) is 30.9 Å². The molecule has 0 amide bonds. The zero-order chi connectivity index (χ0) is 12.1. The fourth-order valence-electron chi connectivity index (χ4n) is 1.84. The molecule has 90 valence electrons. The summed E-state index contributed by atoms with van der Waals surface area (Å²) in [7, 11) is 0. The van der Waals surface area contributed by atoms with Crippen molar-refractivity contribution in [1.82, 2.24) is 19.7 Å². The summed E-state index contributed by atoms with van der Waals surface area (Å²) in [5.41, 5.74) is 7.27. The lowest BCUT2D eigenvalue weighted by Crippen LogP contribution is -2.27. The molecule has 1 unspecified atom stereocenters. The van der Waals surface area contributed by atoms with Gasteiger partial charge in [0.25, 0.3) is 0 Å². The highest BCUT2D eigenvalue weighted by Crippen LogP contribution is 2.04. The van der Waals surface area contributed by atoms with Gasteiger partial charge in [-0.3, -0.25) is 9.67 Å². The van der Waals surface area contributed by atoms with Gasteiger partial charge in [0.05, 0.1) is 0 Å². The summed E-state index contributed by atoms with van der Waals surface area (Å²) in [6, 6.07) is 4.02. The van der Waals surface area contributed by atoms with E-state index in [9.17, 15) is 0 Å². The smallest absolute Gasteiger partial charge is 0.138 e. The molecule has 2 N–H and O–H groups in total. The van der Waals surface area contributed by atoms with Crippen molar-refractivity contribution in [3.05, 3.63) is 42.2 Å². The Morgan fingerprint density at radius 3 is 3.00 bits per heavy atom. The molecule has 0 aliphatic carbocycles. The minimum absolute atomic E-state index is 0.0497. The van der Waals surface area contributed by atoms with E-state index in [0.29, 0.717) is 0 Å². The molecule has 2 rings (SSSR count). The molecule has 0 saturated carbocycles. The van der Waals surface area contributed by atoms with Crippen molar-refractivity contribution in [3.8, 4) is 0 Å². The van der Waals surface area contributed by atoms with Crippen molar-refractivity contribution >= 4 is 0 Å². The molecule has 5 nitrogen and oxygen atoms in total. The first-order valence-electron chi connectivity index (χ1n) is 5.80. The lowest BCUT2D eigenvalue weighted by atomic mass is 10.1. The quantitative estimate of drug-likeness (QED) is 0.826. The first-order chi connectivity index (χ1) is 8.29. The van der Waals surface area contributed by atoms with E-state index in [0.717, 1.165) is 30.8 Å². The Balaban J connectivity index is 1.96. The van der Waals surface area contributed by atoms with Gasteiger partial charge in [-0.1, -0.05) is 6.07 Å². The first-order valence-corrected chi connectivity index (χ1v) is 5.80. The van der Waals surface area contributed by atoms with E-state index >= 15 is 0 Å². The zero-order valence-corrected chi connectivity index (χ0v) is 9.95. The predicted octanol–water partition coefficient (Wildman–Crippen LogP) is 0.805. The molecule has 17 heavy (non-hydrogen) atoms. The molecular weight excluding hydrogens is 214 g/mol. The molecule has 0 radical (unpaired) electrons. The van der Waals surface area contributed by atoms with Crippen LogP contribution in [0, 0.1) is 0 Å². The zero-order valence-electron chi connectivity index (χ0n) is 9.95. The number of hydrogen-bond acceptors (Lipinski definition) is 4. The predicted molar refractivity (Wildman–Crippen MR) is 65.3 cm³/mol. The van der Waals surface area contributed by atoms with E-state index in [1.165, 1.54) is 0 Å². The number of hydrogen-bond donors (Lipinski definition) is 1. The van der Waals surface area contributed by atoms with Crippen LogP contribution in [0.4, 0.5) is 0 Å². The lowest BCUT2D eigenvalue weighted by Gasteiger charge is -2.11. The van der Waals surface area contributed by atoms with Crippen molar-refractivity contribution in [1.29, 1.82) is 0 Å². The maximum Gasteiger partial charge on any atom is 0.138 e. The van der Waals surface area contributed by atoms with Gasteiger partial charge in [0.1, 0.15) is 12.2 Å². The Bertz CT molecular complexity index is 451. The maximum atomic E-state index is 6.11. The van der Waals surface area contributed by atoms with Crippen LogP contribution in [-0.2, 0) is 19.4 Å². The van der Waals surface area contributed by atoms with Gasteiger partial charge >= 0.3 is 0 Å². The third kappa shape index (κ3) is 3.10. The van der Waals surface area contributed by atoms with E-state index in [2.05, 4.69) is 15.1 Å². The second-order valence-electron chi connectivity index (χ2n) is 4.02. The molecule has 2 heterocycles. The highest BCUT2D eigenvalue weighted by atomic mass is 15.3. The topological polar surface area (TPSA) is 69.6 Å². The van der Waals surface area contributed by atoms with Crippen LogP contribution in [0.5, 0.6) is 0 Å². The van der Waals surface area contributed by atoms with Gasteiger partial charge in [-0.25, -0.2) is 4.98 Å². The summed E-state index contributed by atoms with van der Waals surface area (Å²) in [4.78, 5) is 8.30. The highest BCUT2D eigenvalue weighted by molar-refractivity contribution is 5.10. The number of nitrogens with zero attached hydrogens (tertiary/aromatic N) is 4. The van der Waals surface area contributed by atoms with Crippen LogP contribution in [0.3, 0.4) is 0 Å². The van der Waals surface area contributed by atoms with Crippen molar-refractivity contribution < 1.29 is 0 Å². The van der Waals surface area contributed by atoms with E-state index in [-0.39, 0.29) is 6.04 Å². The summed E-state index contributed by atoms with van der Waals surface area (Å²) in [6.45, 7) is 2.87. The van der Waals surface area contributed by atoms with Gasteiger partial charge < -0.3 is 5.73 Å². The SMILES string of the molecule is CCn1ncnc1CC(N)Cc1cccnc1. The van der Waals surface area contributed by atoms with Crippen LogP contribution in [-0.4, -0.2) is 25.8 Å². The second-order valence-corrected chi connectivity index (χ2v) is 4.02. The molecule has 2 aromatic rings. The first kappa shape index (κ1) is 11.7. The van der Waals surface area contributed by atoms with E-state index in [1.807, 2.05) is 29.9 Å². The molecule has 5 heteroatoms. The van der Waals surface area contributed by atoms with Crippen molar-refractivity contribution in [2.24, 2.45) is 5.73 Å². The lowest BCUT2D eigenvalue weighted by molar-refractivity contribution is 0.567. The minimum atomic E-state index is 0.0497. The Hall–Kier alpha value is -1.75. The van der Waals surface area contributed by atoms with Crippen LogP contribution in [0.1, 0.15) is 18.3 Å². The van der Waals surface area contributed by atoms with Crippen molar-refractivity contribution in [2.45, 2.75) is 32.4 Å². The van der Waals surface area contributed by atoms with Gasteiger partial charge in [0.15, 0.2) is 0 Å².